The van der Waals surface area contributed by atoms with Gasteiger partial charge in [0.1, 0.15) is 0 Å². The molecule has 0 aromatic carbocycles. The van der Waals surface area contributed by atoms with E-state index >= 15 is 0 Å². The minimum atomic E-state index is 0.258. The van der Waals surface area contributed by atoms with Crippen molar-refractivity contribution in [1.82, 2.24) is 9.88 Å². The van der Waals surface area contributed by atoms with Gasteiger partial charge in [-0.2, -0.15) is 0 Å². The molecule has 3 heteroatoms. The molecule has 1 N–H and O–H groups in total. The maximum Gasteiger partial charge on any atom is 0.255 e. The minimum Gasteiger partial charge on any atom is -0.313 e. The fraction of sp³-hybridized carbons (Fsp3) is 0.643. The highest BCUT2D eigenvalue weighted by Crippen LogP contribution is 2.37. The van der Waals surface area contributed by atoms with Crippen LogP contribution in [-0.4, -0.2) is 11.1 Å². The Morgan fingerprint density at radius 2 is 2.24 bits per heavy atom. The predicted molar refractivity (Wildman–Crippen MR) is 68.4 cm³/mol. The number of fused-ring (bicyclic) bond motifs is 1. The van der Waals surface area contributed by atoms with E-state index in [1.807, 2.05) is 0 Å². The van der Waals surface area contributed by atoms with Crippen LogP contribution >= 0.6 is 0 Å². The van der Waals surface area contributed by atoms with E-state index in [2.05, 4.69) is 22.9 Å². The zero-order chi connectivity index (χ0) is 11.8. The summed E-state index contributed by atoms with van der Waals surface area (Å²) >= 11 is 0. The van der Waals surface area contributed by atoms with E-state index in [0.29, 0.717) is 6.04 Å². The number of hydrogen-bond donors (Lipinski definition) is 1. The molecule has 1 aromatic rings. The van der Waals surface area contributed by atoms with Gasteiger partial charge in [0, 0.05) is 23.8 Å². The standard InChI is InChI=1S/C14H20N2O/c1-2-15-9-11-8-10-4-3-5-13(10)16(14(11)17)12-6-7-12/h8,12,15H,2-7,9H2,1H3. The van der Waals surface area contributed by atoms with Crippen LogP contribution in [0, 0.1) is 0 Å². The highest BCUT2D eigenvalue weighted by molar-refractivity contribution is 5.31. The molecule has 0 bridgehead atoms. The third kappa shape index (κ3) is 1.93. The lowest BCUT2D eigenvalue weighted by Gasteiger charge is -2.14. The molecule has 2 aliphatic rings. The molecule has 0 amide bonds. The third-order valence-electron chi connectivity index (χ3n) is 3.84. The second kappa shape index (κ2) is 4.30. The number of aryl methyl sites for hydroxylation is 1. The Morgan fingerprint density at radius 3 is 2.94 bits per heavy atom. The molecule has 0 unspecified atom stereocenters. The smallest absolute Gasteiger partial charge is 0.255 e. The number of aromatic nitrogens is 1. The molecule has 1 fully saturated rings. The van der Waals surface area contributed by atoms with Crippen LogP contribution in [0.5, 0.6) is 0 Å². The van der Waals surface area contributed by atoms with Crippen LogP contribution in [0.2, 0.25) is 0 Å². The first-order valence-corrected chi connectivity index (χ1v) is 6.78. The van der Waals surface area contributed by atoms with Crippen molar-refractivity contribution in [3.05, 3.63) is 33.2 Å². The van der Waals surface area contributed by atoms with E-state index in [1.165, 1.54) is 30.5 Å². The summed E-state index contributed by atoms with van der Waals surface area (Å²) < 4.78 is 2.11. The topological polar surface area (TPSA) is 34.0 Å². The molecule has 0 atom stereocenters. The molecule has 0 saturated heterocycles. The highest BCUT2D eigenvalue weighted by atomic mass is 16.1. The SMILES string of the molecule is CCNCc1cc2c(n(C3CC3)c1=O)CCC2. The van der Waals surface area contributed by atoms with Crippen molar-refractivity contribution in [2.24, 2.45) is 0 Å². The average Bonchev–Trinajstić information content (AvgIpc) is 3.05. The first-order chi connectivity index (χ1) is 8.31. The number of nitrogens with zero attached hydrogens (tertiary/aromatic N) is 1. The number of pyridine rings is 1. The summed E-state index contributed by atoms with van der Waals surface area (Å²) in [6.45, 7) is 3.71. The first-order valence-electron chi connectivity index (χ1n) is 6.78. The summed E-state index contributed by atoms with van der Waals surface area (Å²) in [7, 11) is 0. The number of nitrogens with one attached hydrogen (secondary N) is 1. The Hall–Kier alpha value is -1.09. The van der Waals surface area contributed by atoms with E-state index in [4.69, 9.17) is 0 Å². The second-order valence-electron chi connectivity index (χ2n) is 5.18. The van der Waals surface area contributed by atoms with E-state index in [9.17, 15) is 4.79 Å². The Labute approximate surface area is 102 Å². The van der Waals surface area contributed by atoms with Crippen molar-refractivity contribution in [3.8, 4) is 0 Å². The van der Waals surface area contributed by atoms with Crippen LogP contribution in [0.15, 0.2) is 10.9 Å². The number of rotatable bonds is 4. The van der Waals surface area contributed by atoms with Gasteiger partial charge < -0.3 is 9.88 Å². The fourth-order valence-corrected chi connectivity index (χ4v) is 2.84. The summed E-state index contributed by atoms with van der Waals surface area (Å²) in [5.41, 5.74) is 3.97. The van der Waals surface area contributed by atoms with Gasteiger partial charge in [0.2, 0.25) is 0 Å². The van der Waals surface area contributed by atoms with Gasteiger partial charge in [-0.15, -0.1) is 0 Å². The van der Waals surface area contributed by atoms with E-state index < -0.39 is 0 Å². The van der Waals surface area contributed by atoms with Crippen LogP contribution in [-0.2, 0) is 19.4 Å². The normalized spacial score (nSPS) is 18.4. The third-order valence-corrected chi connectivity index (χ3v) is 3.84. The van der Waals surface area contributed by atoms with Gasteiger partial charge in [0.25, 0.3) is 5.56 Å². The summed E-state index contributed by atoms with van der Waals surface area (Å²) in [4.78, 5) is 12.4. The molecule has 92 valence electrons. The molecule has 2 aliphatic carbocycles. The predicted octanol–water partition coefficient (Wildman–Crippen LogP) is 1.78. The Balaban J connectivity index is 2.05. The summed E-state index contributed by atoms with van der Waals surface area (Å²) in [6.07, 6.45) is 5.85. The molecule has 3 nitrogen and oxygen atoms in total. The molecule has 0 spiro atoms. The molecule has 1 saturated carbocycles. The zero-order valence-corrected chi connectivity index (χ0v) is 10.5. The monoisotopic (exact) mass is 232 g/mol. The molecule has 0 radical (unpaired) electrons. The van der Waals surface area contributed by atoms with Crippen molar-refractivity contribution in [2.75, 3.05) is 6.54 Å². The molecule has 17 heavy (non-hydrogen) atoms. The van der Waals surface area contributed by atoms with Crippen molar-refractivity contribution in [2.45, 2.75) is 51.6 Å². The zero-order valence-electron chi connectivity index (χ0n) is 10.5. The van der Waals surface area contributed by atoms with Gasteiger partial charge in [-0.3, -0.25) is 4.79 Å². The van der Waals surface area contributed by atoms with Gasteiger partial charge in [0.15, 0.2) is 0 Å². The van der Waals surface area contributed by atoms with Crippen LogP contribution in [0.1, 0.15) is 49.0 Å². The van der Waals surface area contributed by atoms with E-state index in [1.54, 1.807) is 0 Å². The fourth-order valence-electron chi connectivity index (χ4n) is 2.84. The lowest BCUT2D eigenvalue weighted by atomic mass is 10.1. The van der Waals surface area contributed by atoms with Crippen molar-refractivity contribution >= 4 is 0 Å². The summed E-state index contributed by atoms with van der Waals surface area (Å²) in [5, 5.41) is 3.27. The maximum absolute atomic E-state index is 12.4. The van der Waals surface area contributed by atoms with Gasteiger partial charge in [-0.25, -0.2) is 0 Å². The van der Waals surface area contributed by atoms with Crippen LogP contribution < -0.4 is 10.9 Å². The van der Waals surface area contributed by atoms with Gasteiger partial charge in [-0.05, 0) is 50.3 Å². The van der Waals surface area contributed by atoms with Crippen LogP contribution in [0.3, 0.4) is 0 Å². The molecule has 1 heterocycles. The highest BCUT2D eigenvalue weighted by Gasteiger charge is 2.30. The second-order valence-corrected chi connectivity index (χ2v) is 5.18. The number of hydrogen-bond acceptors (Lipinski definition) is 2. The van der Waals surface area contributed by atoms with Crippen molar-refractivity contribution in [3.63, 3.8) is 0 Å². The molecule has 3 rings (SSSR count). The Morgan fingerprint density at radius 1 is 1.41 bits per heavy atom. The van der Waals surface area contributed by atoms with Crippen molar-refractivity contribution < 1.29 is 0 Å². The lowest BCUT2D eigenvalue weighted by Crippen LogP contribution is -2.29. The Kier molecular flexibility index (Phi) is 2.79. The molecular formula is C14H20N2O. The first kappa shape index (κ1) is 11.0. The van der Waals surface area contributed by atoms with Gasteiger partial charge in [0.05, 0.1) is 0 Å². The lowest BCUT2D eigenvalue weighted by molar-refractivity contribution is 0.640. The van der Waals surface area contributed by atoms with Crippen LogP contribution in [0.4, 0.5) is 0 Å². The van der Waals surface area contributed by atoms with E-state index in [-0.39, 0.29) is 5.56 Å². The van der Waals surface area contributed by atoms with E-state index in [0.717, 1.165) is 31.5 Å². The van der Waals surface area contributed by atoms with Crippen molar-refractivity contribution in [1.29, 1.82) is 0 Å². The quantitative estimate of drug-likeness (QED) is 0.858. The molecular weight excluding hydrogens is 212 g/mol. The van der Waals surface area contributed by atoms with Gasteiger partial charge >= 0.3 is 0 Å². The molecule has 1 aromatic heterocycles. The van der Waals surface area contributed by atoms with Crippen LogP contribution in [0.25, 0.3) is 0 Å². The maximum atomic E-state index is 12.4. The summed E-state index contributed by atoms with van der Waals surface area (Å²) in [6, 6.07) is 2.66. The minimum absolute atomic E-state index is 0.258. The average molecular weight is 232 g/mol. The summed E-state index contributed by atoms with van der Waals surface area (Å²) in [5.74, 6) is 0. The molecule has 0 aliphatic heterocycles. The largest absolute Gasteiger partial charge is 0.313 e. The van der Waals surface area contributed by atoms with Gasteiger partial charge in [-0.1, -0.05) is 6.92 Å². The Bertz CT molecular complexity index is 486.